The molecule has 112 valence electrons. The van der Waals surface area contributed by atoms with Gasteiger partial charge in [0, 0.05) is 18.6 Å². The van der Waals surface area contributed by atoms with Crippen LogP contribution in [0.3, 0.4) is 0 Å². The molecule has 2 rings (SSSR count). The lowest BCUT2D eigenvalue weighted by Gasteiger charge is -2.31. The van der Waals surface area contributed by atoms with E-state index in [1.165, 1.54) is 19.3 Å². The van der Waals surface area contributed by atoms with Crippen molar-refractivity contribution in [2.45, 2.75) is 51.1 Å². The standard InChI is InChI=1S/C13H27N3O2S/c1-2-8-16-9-5-13(6-10-16)15-19(17,18)11-7-14-12-3-4-12/h12-15H,2-11H2,1H3. The van der Waals surface area contributed by atoms with Crippen molar-refractivity contribution >= 4 is 10.0 Å². The average Bonchev–Trinajstić information content (AvgIpc) is 3.15. The van der Waals surface area contributed by atoms with Gasteiger partial charge in [-0.2, -0.15) is 0 Å². The Labute approximate surface area is 117 Å². The highest BCUT2D eigenvalue weighted by molar-refractivity contribution is 7.89. The highest BCUT2D eigenvalue weighted by Crippen LogP contribution is 2.18. The first-order valence-corrected chi connectivity index (χ1v) is 9.20. The molecule has 2 N–H and O–H groups in total. The number of nitrogens with one attached hydrogen (secondary N) is 2. The largest absolute Gasteiger partial charge is 0.313 e. The lowest BCUT2D eigenvalue weighted by Crippen LogP contribution is -2.46. The first-order valence-electron chi connectivity index (χ1n) is 7.55. The van der Waals surface area contributed by atoms with Crippen molar-refractivity contribution in [2.75, 3.05) is 31.9 Å². The van der Waals surface area contributed by atoms with Crippen LogP contribution in [0, 0.1) is 0 Å². The van der Waals surface area contributed by atoms with Crippen LogP contribution in [0.4, 0.5) is 0 Å². The predicted octanol–water partition coefficient (Wildman–Crippen LogP) is 0.532. The Balaban J connectivity index is 1.65. The Morgan fingerprint density at radius 2 is 1.79 bits per heavy atom. The number of hydrogen-bond donors (Lipinski definition) is 2. The van der Waals surface area contributed by atoms with Gasteiger partial charge in [-0.3, -0.25) is 0 Å². The SMILES string of the molecule is CCCN1CCC(NS(=O)(=O)CCNC2CC2)CC1. The maximum absolute atomic E-state index is 11.9. The van der Waals surface area contributed by atoms with Crippen molar-refractivity contribution in [3.05, 3.63) is 0 Å². The molecule has 0 aromatic carbocycles. The van der Waals surface area contributed by atoms with Gasteiger partial charge < -0.3 is 10.2 Å². The predicted molar refractivity (Wildman–Crippen MR) is 77.7 cm³/mol. The molecule has 19 heavy (non-hydrogen) atoms. The smallest absolute Gasteiger partial charge is 0.213 e. The quantitative estimate of drug-likeness (QED) is 0.684. The summed E-state index contributed by atoms with van der Waals surface area (Å²) in [6, 6.07) is 0.714. The van der Waals surface area contributed by atoms with Crippen LogP contribution in [0.2, 0.25) is 0 Å². The minimum absolute atomic E-state index is 0.138. The number of nitrogens with zero attached hydrogens (tertiary/aromatic N) is 1. The zero-order valence-corrected chi connectivity index (χ0v) is 12.7. The summed E-state index contributed by atoms with van der Waals surface area (Å²) in [4.78, 5) is 2.42. The van der Waals surface area contributed by atoms with Crippen molar-refractivity contribution in [3.8, 4) is 0 Å². The van der Waals surface area contributed by atoms with Gasteiger partial charge in [-0.15, -0.1) is 0 Å². The Morgan fingerprint density at radius 1 is 1.11 bits per heavy atom. The van der Waals surface area contributed by atoms with Gasteiger partial charge in [0.05, 0.1) is 5.75 Å². The van der Waals surface area contributed by atoms with Crippen LogP contribution in [-0.2, 0) is 10.0 Å². The highest BCUT2D eigenvalue weighted by atomic mass is 32.2. The second kappa shape index (κ2) is 7.02. The van der Waals surface area contributed by atoms with Crippen molar-refractivity contribution < 1.29 is 8.42 Å². The van der Waals surface area contributed by atoms with Crippen molar-refractivity contribution in [1.29, 1.82) is 0 Å². The molecule has 1 heterocycles. The first kappa shape index (κ1) is 15.2. The van der Waals surface area contributed by atoms with Gasteiger partial charge in [0.25, 0.3) is 0 Å². The zero-order valence-electron chi connectivity index (χ0n) is 11.9. The minimum atomic E-state index is -3.11. The van der Waals surface area contributed by atoms with Gasteiger partial charge in [0.2, 0.25) is 10.0 Å². The molecule has 1 saturated carbocycles. The molecule has 0 atom stereocenters. The average molecular weight is 289 g/mol. The second-order valence-electron chi connectivity index (χ2n) is 5.78. The van der Waals surface area contributed by atoms with Gasteiger partial charge in [-0.1, -0.05) is 6.92 Å². The molecule has 1 aliphatic carbocycles. The van der Waals surface area contributed by atoms with E-state index in [1.807, 2.05) is 0 Å². The molecule has 1 aliphatic heterocycles. The summed E-state index contributed by atoms with van der Waals surface area (Å²) in [5.41, 5.74) is 0. The van der Waals surface area contributed by atoms with Crippen LogP contribution in [0.25, 0.3) is 0 Å². The Hall–Kier alpha value is -0.170. The van der Waals surface area contributed by atoms with Gasteiger partial charge in [-0.05, 0) is 51.7 Å². The number of sulfonamides is 1. The van der Waals surface area contributed by atoms with Crippen LogP contribution < -0.4 is 10.0 Å². The van der Waals surface area contributed by atoms with E-state index >= 15 is 0 Å². The van der Waals surface area contributed by atoms with E-state index in [2.05, 4.69) is 21.9 Å². The third kappa shape index (κ3) is 5.77. The summed E-state index contributed by atoms with van der Waals surface area (Å²) in [6.07, 6.45) is 5.44. The van der Waals surface area contributed by atoms with E-state index in [1.54, 1.807) is 0 Å². The van der Waals surface area contributed by atoms with Crippen LogP contribution in [0.1, 0.15) is 39.0 Å². The molecule has 0 radical (unpaired) electrons. The molecular weight excluding hydrogens is 262 g/mol. The van der Waals surface area contributed by atoms with Crippen molar-refractivity contribution in [3.63, 3.8) is 0 Å². The lowest BCUT2D eigenvalue weighted by atomic mass is 10.1. The summed E-state index contributed by atoms with van der Waals surface area (Å²) in [5.74, 6) is 0.207. The van der Waals surface area contributed by atoms with E-state index < -0.39 is 10.0 Å². The molecule has 2 fully saturated rings. The van der Waals surface area contributed by atoms with E-state index in [0.717, 1.165) is 32.5 Å². The molecule has 0 unspecified atom stereocenters. The fourth-order valence-corrected chi connectivity index (χ4v) is 3.84. The van der Waals surface area contributed by atoms with Crippen LogP contribution >= 0.6 is 0 Å². The number of rotatable bonds is 8. The molecule has 1 saturated heterocycles. The van der Waals surface area contributed by atoms with Crippen molar-refractivity contribution in [1.82, 2.24) is 14.9 Å². The van der Waals surface area contributed by atoms with Crippen molar-refractivity contribution in [2.24, 2.45) is 0 Å². The maximum Gasteiger partial charge on any atom is 0.213 e. The third-order valence-corrected chi connectivity index (χ3v) is 5.29. The molecule has 6 heteroatoms. The topological polar surface area (TPSA) is 61.4 Å². The van der Waals surface area contributed by atoms with Crippen LogP contribution in [-0.4, -0.2) is 57.3 Å². The fourth-order valence-electron chi connectivity index (χ4n) is 2.59. The maximum atomic E-state index is 11.9. The van der Waals surface area contributed by atoms with Crippen LogP contribution in [0.15, 0.2) is 0 Å². The Bertz CT molecular complexity index is 360. The van der Waals surface area contributed by atoms with Gasteiger partial charge >= 0.3 is 0 Å². The summed E-state index contributed by atoms with van der Waals surface area (Å²) in [5, 5.41) is 3.25. The highest BCUT2D eigenvalue weighted by Gasteiger charge is 2.24. The number of piperidine rings is 1. The molecule has 5 nitrogen and oxygen atoms in total. The number of likely N-dealkylation sites (tertiary alicyclic amines) is 1. The summed E-state index contributed by atoms with van der Waals surface area (Å²) >= 11 is 0. The number of hydrogen-bond acceptors (Lipinski definition) is 4. The fraction of sp³-hybridized carbons (Fsp3) is 1.00. The van der Waals surface area contributed by atoms with Gasteiger partial charge in [0.15, 0.2) is 0 Å². The summed E-state index contributed by atoms with van der Waals surface area (Å²) < 4.78 is 26.7. The molecule has 0 aromatic heterocycles. The molecular formula is C13H27N3O2S. The first-order chi connectivity index (χ1) is 9.09. The Morgan fingerprint density at radius 3 is 2.37 bits per heavy atom. The minimum Gasteiger partial charge on any atom is -0.313 e. The van der Waals surface area contributed by atoms with Crippen LogP contribution in [0.5, 0.6) is 0 Å². The van der Waals surface area contributed by atoms with Gasteiger partial charge in [-0.25, -0.2) is 13.1 Å². The van der Waals surface area contributed by atoms with E-state index in [9.17, 15) is 8.42 Å². The zero-order chi connectivity index (χ0) is 13.7. The van der Waals surface area contributed by atoms with E-state index in [0.29, 0.717) is 12.6 Å². The van der Waals surface area contributed by atoms with Gasteiger partial charge in [0.1, 0.15) is 0 Å². The Kier molecular flexibility index (Phi) is 5.62. The lowest BCUT2D eigenvalue weighted by molar-refractivity contribution is 0.208. The summed E-state index contributed by atoms with van der Waals surface area (Å²) in [7, 11) is -3.11. The molecule has 0 amide bonds. The molecule has 0 aromatic rings. The second-order valence-corrected chi connectivity index (χ2v) is 7.65. The monoisotopic (exact) mass is 289 g/mol. The molecule has 0 bridgehead atoms. The van der Waals surface area contributed by atoms with E-state index in [4.69, 9.17) is 0 Å². The third-order valence-electron chi connectivity index (χ3n) is 3.85. The molecule has 2 aliphatic rings. The summed E-state index contributed by atoms with van der Waals surface area (Å²) in [6.45, 7) is 5.92. The van der Waals surface area contributed by atoms with E-state index in [-0.39, 0.29) is 11.8 Å². The normalized spacial score (nSPS) is 22.8. The molecule has 0 spiro atoms.